The maximum absolute atomic E-state index is 6.37. The second-order valence-corrected chi connectivity index (χ2v) is 12.2. The van der Waals surface area contributed by atoms with Gasteiger partial charge >= 0.3 is 0 Å². The molecule has 102 valence electrons. The van der Waals surface area contributed by atoms with E-state index in [1.165, 1.54) is 0 Å². The molecular formula is C14H22BrClOSi. The topological polar surface area (TPSA) is 9.23 Å². The molecule has 0 aliphatic heterocycles. The Balaban J connectivity index is 2.92. The molecule has 0 N–H and O–H groups in total. The molecule has 0 spiro atoms. The van der Waals surface area contributed by atoms with E-state index in [1.807, 2.05) is 18.2 Å². The second-order valence-electron chi connectivity index (χ2n) is 6.19. The van der Waals surface area contributed by atoms with Crippen LogP contribution in [0.2, 0.25) is 23.2 Å². The van der Waals surface area contributed by atoms with Crippen molar-refractivity contribution in [3.05, 3.63) is 33.3 Å². The van der Waals surface area contributed by atoms with Crippen LogP contribution in [0.4, 0.5) is 0 Å². The molecule has 1 unspecified atom stereocenters. The van der Waals surface area contributed by atoms with Gasteiger partial charge < -0.3 is 4.43 Å². The molecule has 1 rings (SSSR count). The Kier molecular flexibility index (Phi) is 5.10. The van der Waals surface area contributed by atoms with E-state index in [9.17, 15) is 0 Å². The monoisotopic (exact) mass is 348 g/mol. The number of hydrogen-bond donors (Lipinski definition) is 0. The Bertz CT molecular complexity index is 426. The summed E-state index contributed by atoms with van der Waals surface area (Å²) in [5, 5.41) is 0.963. The molecule has 1 atom stereocenters. The van der Waals surface area contributed by atoms with Gasteiger partial charge in [0.1, 0.15) is 0 Å². The highest BCUT2D eigenvalue weighted by atomic mass is 79.9. The van der Waals surface area contributed by atoms with Crippen molar-refractivity contribution in [2.75, 3.05) is 0 Å². The molecule has 0 aliphatic carbocycles. The molecule has 0 bridgehead atoms. The van der Waals surface area contributed by atoms with Crippen LogP contribution in [-0.2, 0) is 4.43 Å². The Morgan fingerprint density at radius 1 is 1.28 bits per heavy atom. The minimum Gasteiger partial charge on any atom is -0.410 e. The quantitative estimate of drug-likeness (QED) is 0.591. The third kappa shape index (κ3) is 3.83. The fraction of sp³-hybridized carbons (Fsp3) is 0.571. The normalized spacial score (nSPS) is 14.7. The van der Waals surface area contributed by atoms with E-state index in [-0.39, 0.29) is 11.1 Å². The first-order valence-electron chi connectivity index (χ1n) is 6.17. The lowest BCUT2D eigenvalue weighted by molar-refractivity contribution is 0.202. The van der Waals surface area contributed by atoms with Gasteiger partial charge in [-0.25, -0.2) is 0 Å². The summed E-state index contributed by atoms with van der Waals surface area (Å²) < 4.78 is 7.39. The average Bonchev–Trinajstić information content (AvgIpc) is 2.14. The lowest BCUT2D eigenvalue weighted by atomic mass is 10.1. The third-order valence-corrected chi connectivity index (χ3v) is 9.16. The van der Waals surface area contributed by atoms with Gasteiger partial charge in [-0.1, -0.05) is 54.4 Å². The van der Waals surface area contributed by atoms with Gasteiger partial charge in [0.2, 0.25) is 0 Å². The molecule has 0 aliphatic rings. The first-order valence-corrected chi connectivity index (χ1v) is 10.3. The van der Waals surface area contributed by atoms with Crippen LogP contribution in [0, 0.1) is 0 Å². The van der Waals surface area contributed by atoms with Crippen molar-refractivity contribution in [2.45, 2.75) is 51.9 Å². The number of halogens is 2. The van der Waals surface area contributed by atoms with Crippen molar-refractivity contribution in [1.29, 1.82) is 0 Å². The predicted octanol–water partition coefficient (Wildman–Crippen LogP) is 6.19. The van der Waals surface area contributed by atoms with Gasteiger partial charge in [0.25, 0.3) is 0 Å². The summed E-state index contributed by atoms with van der Waals surface area (Å²) in [4.78, 5) is 0. The Morgan fingerprint density at radius 2 is 1.83 bits per heavy atom. The molecule has 0 heterocycles. The molecule has 1 aromatic rings. The summed E-state index contributed by atoms with van der Waals surface area (Å²) in [5.41, 5.74) is 1.16. The van der Waals surface area contributed by atoms with E-state index >= 15 is 0 Å². The van der Waals surface area contributed by atoms with E-state index in [0.29, 0.717) is 0 Å². The molecule has 0 radical (unpaired) electrons. The van der Waals surface area contributed by atoms with Crippen molar-refractivity contribution in [3.63, 3.8) is 0 Å². The minimum absolute atomic E-state index is 0.0810. The largest absolute Gasteiger partial charge is 0.410 e. The Hall–Kier alpha value is 0.167. The van der Waals surface area contributed by atoms with Gasteiger partial charge in [0.15, 0.2) is 8.32 Å². The van der Waals surface area contributed by atoms with Crippen LogP contribution >= 0.6 is 27.5 Å². The van der Waals surface area contributed by atoms with Crippen LogP contribution in [0.15, 0.2) is 22.7 Å². The highest BCUT2D eigenvalue weighted by Crippen LogP contribution is 2.40. The van der Waals surface area contributed by atoms with Crippen LogP contribution < -0.4 is 0 Å². The molecule has 0 fully saturated rings. The smallest absolute Gasteiger partial charge is 0.192 e. The Labute approximate surface area is 125 Å². The summed E-state index contributed by atoms with van der Waals surface area (Å²) in [6, 6.07) is 5.86. The Morgan fingerprint density at radius 3 is 2.28 bits per heavy atom. The molecule has 4 heteroatoms. The van der Waals surface area contributed by atoms with Gasteiger partial charge in [-0.05, 0) is 42.8 Å². The first kappa shape index (κ1) is 16.2. The van der Waals surface area contributed by atoms with Gasteiger partial charge in [-0.3, -0.25) is 0 Å². The van der Waals surface area contributed by atoms with E-state index in [0.717, 1.165) is 15.1 Å². The SMILES string of the molecule is CC(O[Si](C)(C)C(C)(C)C)c1ccc(Cl)cc1Br. The van der Waals surface area contributed by atoms with Gasteiger partial charge in [-0.2, -0.15) is 0 Å². The van der Waals surface area contributed by atoms with Crippen molar-refractivity contribution >= 4 is 35.8 Å². The summed E-state index contributed by atoms with van der Waals surface area (Å²) in [6.45, 7) is 13.4. The number of hydrogen-bond acceptors (Lipinski definition) is 1. The van der Waals surface area contributed by atoms with Crippen LogP contribution in [0.5, 0.6) is 0 Å². The molecule has 0 amide bonds. The van der Waals surface area contributed by atoms with Crippen molar-refractivity contribution in [1.82, 2.24) is 0 Å². The zero-order valence-electron chi connectivity index (χ0n) is 12.0. The third-order valence-electron chi connectivity index (χ3n) is 3.68. The van der Waals surface area contributed by atoms with Gasteiger partial charge in [0.05, 0.1) is 6.10 Å². The number of benzene rings is 1. The second kappa shape index (κ2) is 5.66. The van der Waals surface area contributed by atoms with Crippen molar-refractivity contribution in [2.24, 2.45) is 0 Å². The van der Waals surface area contributed by atoms with Gasteiger partial charge in [-0.15, -0.1) is 0 Å². The van der Waals surface area contributed by atoms with E-state index in [4.69, 9.17) is 16.0 Å². The summed E-state index contributed by atoms with van der Waals surface area (Å²) in [7, 11) is -1.74. The summed E-state index contributed by atoms with van der Waals surface area (Å²) in [5.74, 6) is 0. The molecule has 0 aromatic heterocycles. The first-order chi connectivity index (χ1) is 8.04. The standard InChI is InChI=1S/C14H22BrClOSi/c1-10(17-18(5,6)14(2,3)4)12-8-7-11(16)9-13(12)15/h7-10H,1-6H3. The molecule has 1 aromatic carbocycles. The van der Waals surface area contributed by atoms with Crippen LogP contribution in [0.1, 0.15) is 39.4 Å². The zero-order chi connectivity index (χ0) is 14.1. The van der Waals surface area contributed by atoms with E-state index < -0.39 is 8.32 Å². The van der Waals surface area contributed by atoms with Crippen molar-refractivity contribution in [3.8, 4) is 0 Å². The van der Waals surface area contributed by atoms with E-state index in [1.54, 1.807) is 0 Å². The summed E-state index contributed by atoms with van der Waals surface area (Å²) in [6.07, 6.45) is 0.0810. The highest BCUT2D eigenvalue weighted by molar-refractivity contribution is 9.10. The fourth-order valence-electron chi connectivity index (χ4n) is 1.51. The van der Waals surface area contributed by atoms with Crippen molar-refractivity contribution < 1.29 is 4.43 Å². The minimum atomic E-state index is -1.74. The molecule has 1 nitrogen and oxygen atoms in total. The molecule has 0 saturated carbocycles. The highest BCUT2D eigenvalue weighted by Gasteiger charge is 2.38. The van der Waals surface area contributed by atoms with Crippen LogP contribution in [-0.4, -0.2) is 8.32 Å². The lowest BCUT2D eigenvalue weighted by Gasteiger charge is -2.38. The molecule has 0 saturated heterocycles. The summed E-state index contributed by atoms with van der Waals surface area (Å²) >= 11 is 9.52. The van der Waals surface area contributed by atoms with E-state index in [2.05, 4.69) is 56.7 Å². The average molecular weight is 350 g/mol. The predicted molar refractivity (Wildman–Crippen MR) is 85.8 cm³/mol. The number of rotatable bonds is 3. The van der Waals surface area contributed by atoms with Crippen LogP contribution in [0.3, 0.4) is 0 Å². The molecule has 18 heavy (non-hydrogen) atoms. The molecular weight excluding hydrogens is 328 g/mol. The zero-order valence-corrected chi connectivity index (χ0v) is 15.3. The fourth-order valence-corrected chi connectivity index (χ4v) is 3.88. The van der Waals surface area contributed by atoms with Gasteiger partial charge in [0, 0.05) is 9.50 Å². The maximum Gasteiger partial charge on any atom is 0.192 e. The maximum atomic E-state index is 6.37. The van der Waals surface area contributed by atoms with Crippen LogP contribution in [0.25, 0.3) is 0 Å². The lowest BCUT2D eigenvalue weighted by Crippen LogP contribution is -2.41.